The molecule has 70 valence electrons. The maximum absolute atomic E-state index is 10.6. The number of aryl methyl sites for hydroxylation is 1. The van der Waals surface area contributed by atoms with Gasteiger partial charge < -0.3 is 10.8 Å². The predicted octanol–water partition coefficient (Wildman–Crippen LogP) is 1.16. The molecule has 0 amide bonds. The van der Waals surface area contributed by atoms with E-state index in [1.807, 2.05) is 6.92 Å². The van der Waals surface area contributed by atoms with Gasteiger partial charge >= 0.3 is 5.97 Å². The molecule has 1 aromatic rings. The Morgan fingerprint density at radius 2 is 2.31 bits per heavy atom. The fraction of sp³-hybridized carbons (Fsp3) is 0.333. The summed E-state index contributed by atoms with van der Waals surface area (Å²) in [7, 11) is 0. The van der Waals surface area contributed by atoms with E-state index in [4.69, 9.17) is 10.8 Å². The molecule has 0 bridgehead atoms. The molecule has 1 atom stereocenters. The van der Waals surface area contributed by atoms with Gasteiger partial charge in [0.2, 0.25) is 0 Å². The van der Waals surface area contributed by atoms with Crippen LogP contribution >= 0.6 is 0 Å². The lowest BCUT2D eigenvalue weighted by atomic mass is 10.1. The molecule has 1 heterocycles. The lowest BCUT2D eigenvalue weighted by molar-refractivity contribution is -0.138. The van der Waals surface area contributed by atoms with Crippen LogP contribution in [0.2, 0.25) is 0 Å². The molecule has 0 saturated carbocycles. The number of hydrogen-bond donors (Lipinski definition) is 2. The average molecular weight is 180 g/mol. The van der Waals surface area contributed by atoms with Gasteiger partial charge in [-0.05, 0) is 25.5 Å². The SMILES string of the molecule is Cc1cnc(C(C)C(=O)O)c(N)c1. The number of pyridine rings is 1. The standard InChI is InChI=1S/C9H12N2O2/c1-5-3-7(10)8(11-4-5)6(2)9(12)13/h3-4,6H,10H2,1-2H3,(H,12,13). The van der Waals surface area contributed by atoms with Gasteiger partial charge in [0.1, 0.15) is 0 Å². The molecule has 4 heteroatoms. The van der Waals surface area contributed by atoms with Gasteiger partial charge in [-0.1, -0.05) is 0 Å². The van der Waals surface area contributed by atoms with Crippen molar-refractivity contribution < 1.29 is 9.90 Å². The number of rotatable bonds is 2. The normalized spacial score (nSPS) is 12.5. The highest BCUT2D eigenvalue weighted by Crippen LogP contribution is 2.20. The smallest absolute Gasteiger partial charge is 0.312 e. The van der Waals surface area contributed by atoms with E-state index in [1.54, 1.807) is 19.2 Å². The summed E-state index contributed by atoms with van der Waals surface area (Å²) in [6.07, 6.45) is 1.62. The molecule has 1 aromatic heterocycles. The van der Waals surface area contributed by atoms with Crippen molar-refractivity contribution in [2.75, 3.05) is 5.73 Å². The van der Waals surface area contributed by atoms with E-state index >= 15 is 0 Å². The van der Waals surface area contributed by atoms with Crippen LogP contribution in [0.5, 0.6) is 0 Å². The highest BCUT2D eigenvalue weighted by molar-refractivity contribution is 5.77. The third-order valence-electron chi connectivity index (χ3n) is 1.87. The van der Waals surface area contributed by atoms with E-state index in [-0.39, 0.29) is 0 Å². The first kappa shape index (κ1) is 9.51. The Morgan fingerprint density at radius 3 is 2.77 bits per heavy atom. The summed E-state index contributed by atoms with van der Waals surface area (Å²) >= 11 is 0. The molecule has 0 aliphatic carbocycles. The number of aromatic nitrogens is 1. The van der Waals surface area contributed by atoms with Crippen molar-refractivity contribution in [3.05, 3.63) is 23.5 Å². The van der Waals surface area contributed by atoms with Crippen LogP contribution in [0.15, 0.2) is 12.3 Å². The molecular weight excluding hydrogens is 168 g/mol. The van der Waals surface area contributed by atoms with Crippen molar-refractivity contribution in [3.63, 3.8) is 0 Å². The number of carbonyl (C=O) groups is 1. The molecule has 4 nitrogen and oxygen atoms in total. The molecule has 1 unspecified atom stereocenters. The second-order valence-corrected chi connectivity index (χ2v) is 3.05. The van der Waals surface area contributed by atoms with E-state index < -0.39 is 11.9 Å². The fourth-order valence-electron chi connectivity index (χ4n) is 1.08. The van der Waals surface area contributed by atoms with Gasteiger partial charge in [-0.2, -0.15) is 0 Å². The molecule has 13 heavy (non-hydrogen) atoms. The topological polar surface area (TPSA) is 76.2 Å². The Kier molecular flexibility index (Phi) is 2.51. The van der Waals surface area contributed by atoms with Crippen LogP contribution < -0.4 is 5.73 Å². The average Bonchev–Trinajstić information content (AvgIpc) is 2.03. The van der Waals surface area contributed by atoms with Crippen LogP contribution in [0.4, 0.5) is 5.69 Å². The lowest BCUT2D eigenvalue weighted by Gasteiger charge is -2.08. The lowest BCUT2D eigenvalue weighted by Crippen LogP contribution is -2.11. The van der Waals surface area contributed by atoms with Crippen LogP contribution in [0.1, 0.15) is 24.1 Å². The summed E-state index contributed by atoms with van der Waals surface area (Å²) in [6, 6.07) is 1.72. The van der Waals surface area contributed by atoms with Crippen LogP contribution in [0.3, 0.4) is 0 Å². The Hall–Kier alpha value is -1.58. The zero-order chi connectivity index (χ0) is 10.0. The first-order chi connectivity index (χ1) is 6.02. The van der Waals surface area contributed by atoms with E-state index in [0.29, 0.717) is 11.4 Å². The molecule has 3 N–H and O–H groups in total. The molecule has 1 rings (SSSR count). The Balaban J connectivity index is 3.08. The van der Waals surface area contributed by atoms with Crippen LogP contribution in [0.25, 0.3) is 0 Å². The van der Waals surface area contributed by atoms with E-state index in [0.717, 1.165) is 5.56 Å². The summed E-state index contributed by atoms with van der Waals surface area (Å²) in [5.74, 6) is -1.57. The minimum Gasteiger partial charge on any atom is -0.481 e. The van der Waals surface area contributed by atoms with Gasteiger partial charge in [0.25, 0.3) is 0 Å². The third-order valence-corrected chi connectivity index (χ3v) is 1.87. The molecule has 0 spiro atoms. The minimum atomic E-state index is -0.914. The molecular formula is C9H12N2O2. The van der Waals surface area contributed by atoms with Gasteiger partial charge in [-0.3, -0.25) is 9.78 Å². The number of nitrogens with two attached hydrogens (primary N) is 1. The summed E-state index contributed by atoms with van der Waals surface area (Å²) in [4.78, 5) is 14.6. The van der Waals surface area contributed by atoms with Crippen LogP contribution in [-0.2, 0) is 4.79 Å². The maximum atomic E-state index is 10.6. The molecule has 0 saturated heterocycles. The fourth-order valence-corrected chi connectivity index (χ4v) is 1.08. The number of carboxylic acids is 1. The second-order valence-electron chi connectivity index (χ2n) is 3.05. The summed E-state index contributed by atoms with van der Waals surface area (Å²) in [5.41, 5.74) is 7.43. The van der Waals surface area contributed by atoms with Crippen LogP contribution in [0, 0.1) is 6.92 Å². The zero-order valence-corrected chi connectivity index (χ0v) is 7.61. The van der Waals surface area contributed by atoms with Gasteiger partial charge in [-0.25, -0.2) is 0 Å². The van der Waals surface area contributed by atoms with Gasteiger partial charge in [0.15, 0.2) is 0 Å². The van der Waals surface area contributed by atoms with Gasteiger partial charge in [0.05, 0.1) is 17.3 Å². The number of carboxylic acid groups (broad SMARTS) is 1. The van der Waals surface area contributed by atoms with Crippen molar-refractivity contribution in [2.24, 2.45) is 0 Å². The molecule has 0 aliphatic rings. The van der Waals surface area contributed by atoms with E-state index in [1.165, 1.54) is 0 Å². The minimum absolute atomic E-state index is 0.429. The Labute approximate surface area is 76.4 Å². The number of nitrogens with zero attached hydrogens (tertiary/aromatic N) is 1. The van der Waals surface area contributed by atoms with Crippen molar-refractivity contribution in [3.8, 4) is 0 Å². The van der Waals surface area contributed by atoms with Crippen molar-refractivity contribution in [2.45, 2.75) is 19.8 Å². The monoisotopic (exact) mass is 180 g/mol. The molecule has 0 aliphatic heterocycles. The number of anilines is 1. The molecule has 0 fully saturated rings. The summed E-state index contributed by atoms with van der Waals surface area (Å²) in [6.45, 7) is 3.43. The Bertz CT molecular complexity index is 336. The van der Waals surface area contributed by atoms with Crippen molar-refractivity contribution in [1.82, 2.24) is 4.98 Å². The first-order valence-corrected chi connectivity index (χ1v) is 3.97. The van der Waals surface area contributed by atoms with E-state index in [2.05, 4.69) is 4.98 Å². The maximum Gasteiger partial charge on any atom is 0.312 e. The van der Waals surface area contributed by atoms with Gasteiger partial charge in [-0.15, -0.1) is 0 Å². The van der Waals surface area contributed by atoms with E-state index in [9.17, 15) is 4.79 Å². The summed E-state index contributed by atoms with van der Waals surface area (Å²) in [5, 5.41) is 8.73. The largest absolute Gasteiger partial charge is 0.481 e. The van der Waals surface area contributed by atoms with Crippen molar-refractivity contribution >= 4 is 11.7 Å². The number of nitrogen functional groups attached to an aromatic ring is 1. The summed E-state index contributed by atoms with van der Waals surface area (Å²) < 4.78 is 0. The first-order valence-electron chi connectivity index (χ1n) is 3.97. The van der Waals surface area contributed by atoms with Crippen LogP contribution in [-0.4, -0.2) is 16.1 Å². The second kappa shape index (κ2) is 3.43. The Morgan fingerprint density at radius 1 is 1.69 bits per heavy atom. The quantitative estimate of drug-likeness (QED) is 0.716. The van der Waals surface area contributed by atoms with Crippen molar-refractivity contribution in [1.29, 1.82) is 0 Å². The highest BCUT2D eigenvalue weighted by atomic mass is 16.4. The highest BCUT2D eigenvalue weighted by Gasteiger charge is 2.17. The van der Waals surface area contributed by atoms with Gasteiger partial charge in [0, 0.05) is 6.20 Å². The zero-order valence-electron chi connectivity index (χ0n) is 7.61. The number of hydrogen-bond acceptors (Lipinski definition) is 3. The molecule has 0 radical (unpaired) electrons. The number of aliphatic carboxylic acids is 1. The molecule has 0 aromatic carbocycles. The predicted molar refractivity (Wildman–Crippen MR) is 49.4 cm³/mol. The third kappa shape index (κ3) is 1.96.